The van der Waals surface area contributed by atoms with Crippen molar-refractivity contribution in [2.45, 2.75) is 13.0 Å². The van der Waals surface area contributed by atoms with Gasteiger partial charge in [-0.15, -0.1) is 0 Å². The van der Waals surface area contributed by atoms with Crippen molar-refractivity contribution >= 4 is 22.9 Å². The highest BCUT2D eigenvalue weighted by Crippen LogP contribution is 2.17. The van der Waals surface area contributed by atoms with Gasteiger partial charge in [0.25, 0.3) is 0 Å². The number of aromatic nitrogens is 1. The number of nitrogens with two attached hydrogens (primary N) is 1. The van der Waals surface area contributed by atoms with E-state index in [9.17, 15) is 5.11 Å². The van der Waals surface area contributed by atoms with Crippen molar-refractivity contribution < 1.29 is 5.11 Å². The SMILES string of the molecule is CC(O)CN(C)c1cnccc1C(N)=S. The fourth-order valence-electron chi connectivity index (χ4n) is 1.39. The molecule has 4 nitrogen and oxygen atoms in total. The normalized spacial score (nSPS) is 12.2. The summed E-state index contributed by atoms with van der Waals surface area (Å²) < 4.78 is 0. The molecule has 1 aromatic rings. The summed E-state index contributed by atoms with van der Waals surface area (Å²) in [5, 5.41) is 9.29. The number of aliphatic hydroxyl groups is 1. The van der Waals surface area contributed by atoms with E-state index in [4.69, 9.17) is 18.0 Å². The van der Waals surface area contributed by atoms with Crippen molar-refractivity contribution in [3.63, 3.8) is 0 Å². The summed E-state index contributed by atoms with van der Waals surface area (Å²) in [6.45, 7) is 2.24. The van der Waals surface area contributed by atoms with Gasteiger partial charge >= 0.3 is 0 Å². The van der Waals surface area contributed by atoms with Crippen LogP contribution in [0.5, 0.6) is 0 Å². The van der Waals surface area contributed by atoms with Crippen molar-refractivity contribution in [1.29, 1.82) is 0 Å². The minimum atomic E-state index is -0.408. The zero-order valence-corrected chi connectivity index (χ0v) is 9.66. The van der Waals surface area contributed by atoms with Gasteiger partial charge in [0.2, 0.25) is 0 Å². The number of pyridine rings is 1. The van der Waals surface area contributed by atoms with Crippen molar-refractivity contribution in [3.8, 4) is 0 Å². The van der Waals surface area contributed by atoms with Crippen LogP contribution in [-0.4, -0.2) is 34.8 Å². The number of hydrogen-bond acceptors (Lipinski definition) is 4. The van der Waals surface area contributed by atoms with Crippen LogP contribution in [0.15, 0.2) is 18.5 Å². The summed E-state index contributed by atoms with van der Waals surface area (Å²) in [7, 11) is 1.87. The highest BCUT2D eigenvalue weighted by Gasteiger charge is 2.10. The Labute approximate surface area is 94.7 Å². The van der Waals surface area contributed by atoms with Gasteiger partial charge in [-0.3, -0.25) is 4.98 Å². The lowest BCUT2D eigenvalue weighted by Crippen LogP contribution is -2.29. The first-order chi connectivity index (χ1) is 7.02. The zero-order valence-electron chi connectivity index (χ0n) is 8.84. The third-order valence-corrected chi connectivity index (χ3v) is 2.23. The molecule has 0 fully saturated rings. The second-order valence-electron chi connectivity index (χ2n) is 3.49. The Kier molecular flexibility index (Phi) is 3.99. The van der Waals surface area contributed by atoms with E-state index in [2.05, 4.69) is 4.98 Å². The van der Waals surface area contributed by atoms with E-state index < -0.39 is 6.10 Å². The first-order valence-electron chi connectivity index (χ1n) is 4.65. The van der Waals surface area contributed by atoms with Crippen molar-refractivity contribution in [3.05, 3.63) is 24.0 Å². The minimum Gasteiger partial charge on any atom is -0.392 e. The molecule has 0 aliphatic heterocycles. The molecule has 0 aliphatic rings. The topological polar surface area (TPSA) is 62.4 Å². The van der Waals surface area contributed by atoms with Gasteiger partial charge in [-0.1, -0.05) is 12.2 Å². The van der Waals surface area contributed by atoms with Gasteiger partial charge in [-0.2, -0.15) is 0 Å². The van der Waals surface area contributed by atoms with Gasteiger partial charge in [0.05, 0.1) is 18.0 Å². The van der Waals surface area contributed by atoms with Crippen LogP contribution in [0.1, 0.15) is 12.5 Å². The number of rotatable bonds is 4. The third kappa shape index (κ3) is 3.14. The van der Waals surface area contributed by atoms with Gasteiger partial charge in [0, 0.05) is 25.4 Å². The van der Waals surface area contributed by atoms with E-state index in [-0.39, 0.29) is 0 Å². The van der Waals surface area contributed by atoms with E-state index in [1.54, 1.807) is 25.4 Å². The Bertz CT molecular complexity index is 354. The Morgan fingerprint density at radius 2 is 2.40 bits per heavy atom. The predicted molar refractivity (Wildman–Crippen MR) is 65.1 cm³/mol. The van der Waals surface area contributed by atoms with Crippen molar-refractivity contribution in [1.82, 2.24) is 4.98 Å². The molecule has 0 aromatic carbocycles. The molecule has 1 rings (SSSR count). The Balaban J connectivity index is 2.97. The number of anilines is 1. The molecular formula is C10H15N3OS. The molecule has 0 saturated heterocycles. The van der Waals surface area contributed by atoms with E-state index >= 15 is 0 Å². The summed E-state index contributed by atoms with van der Waals surface area (Å²) in [6, 6.07) is 1.77. The standard InChI is InChI=1S/C10H15N3OS/c1-7(14)6-13(2)9-5-12-4-3-8(9)10(11)15/h3-5,7,14H,6H2,1-2H3,(H2,11,15). The Hall–Kier alpha value is -1.20. The lowest BCUT2D eigenvalue weighted by molar-refractivity contribution is 0.201. The molecule has 1 aromatic heterocycles. The quantitative estimate of drug-likeness (QED) is 0.732. The molecule has 1 unspecified atom stereocenters. The van der Waals surface area contributed by atoms with Crippen LogP contribution in [0.3, 0.4) is 0 Å². The van der Waals surface area contributed by atoms with Gasteiger partial charge in [0.15, 0.2) is 0 Å². The average molecular weight is 225 g/mol. The second-order valence-corrected chi connectivity index (χ2v) is 3.93. The van der Waals surface area contributed by atoms with Crippen LogP contribution in [0.25, 0.3) is 0 Å². The first-order valence-corrected chi connectivity index (χ1v) is 5.06. The minimum absolute atomic E-state index is 0.338. The highest BCUT2D eigenvalue weighted by atomic mass is 32.1. The smallest absolute Gasteiger partial charge is 0.106 e. The van der Waals surface area contributed by atoms with Gasteiger partial charge in [-0.25, -0.2) is 0 Å². The number of thiocarbonyl (C=S) groups is 1. The van der Waals surface area contributed by atoms with E-state index in [0.717, 1.165) is 11.3 Å². The van der Waals surface area contributed by atoms with Crippen LogP contribution in [-0.2, 0) is 0 Å². The molecular weight excluding hydrogens is 210 g/mol. The van der Waals surface area contributed by atoms with Crippen LogP contribution in [0, 0.1) is 0 Å². The number of hydrogen-bond donors (Lipinski definition) is 2. The molecule has 0 radical (unpaired) electrons. The Morgan fingerprint density at radius 1 is 1.73 bits per heavy atom. The molecule has 15 heavy (non-hydrogen) atoms. The fraction of sp³-hybridized carbons (Fsp3) is 0.400. The average Bonchev–Trinajstić information content (AvgIpc) is 2.16. The molecule has 1 heterocycles. The lowest BCUT2D eigenvalue weighted by atomic mass is 10.2. The van der Waals surface area contributed by atoms with Crippen molar-refractivity contribution in [2.24, 2.45) is 5.73 Å². The summed E-state index contributed by atoms with van der Waals surface area (Å²) in [5.74, 6) is 0. The summed E-state index contributed by atoms with van der Waals surface area (Å²) >= 11 is 4.94. The molecule has 0 spiro atoms. The monoisotopic (exact) mass is 225 g/mol. The number of nitrogens with zero attached hydrogens (tertiary/aromatic N) is 2. The maximum Gasteiger partial charge on any atom is 0.106 e. The lowest BCUT2D eigenvalue weighted by Gasteiger charge is -2.22. The van der Waals surface area contributed by atoms with E-state index in [1.165, 1.54) is 0 Å². The summed E-state index contributed by atoms with van der Waals surface area (Å²) in [4.78, 5) is 6.24. The first kappa shape index (κ1) is 11.9. The molecule has 3 N–H and O–H groups in total. The third-order valence-electron chi connectivity index (χ3n) is 2.01. The molecule has 5 heteroatoms. The zero-order chi connectivity index (χ0) is 11.4. The van der Waals surface area contributed by atoms with Gasteiger partial charge in [-0.05, 0) is 13.0 Å². The number of likely N-dealkylation sites (N-methyl/N-ethyl adjacent to an activating group) is 1. The predicted octanol–water partition coefficient (Wildman–Crippen LogP) is 0.533. The molecule has 0 amide bonds. The fourth-order valence-corrected chi connectivity index (χ4v) is 1.57. The molecule has 0 aliphatic carbocycles. The second kappa shape index (κ2) is 5.04. The van der Waals surface area contributed by atoms with Gasteiger partial charge < -0.3 is 15.7 Å². The Morgan fingerprint density at radius 3 is 2.93 bits per heavy atom. The van der Waals surface area contributed by atoms with E-state index in [1.807, 2.05) is 11.9 Å². The molecule has 0 bridgehead atoms. The maximum absolute atomic E-state index is 9.29. The van der Waals surface area contributed by atoms with Gasteiger partial charge in [0.1, 0.15) is 4.99 Å². The van der Waals surface area contributed by atoms with Crippen LogP contribution < -0.4 is 10.6 Å². The summed E-state index contributed by atoms with van der Waals surface area (Å²) in [6.07, 6.45) is 2.93. The molecule has 0 saturated carbocycles. The van der Waals surface area contributed by atoms with Crippen molar-refractivity contribution in [2.75, 3.05) is 18.5 Å². The maximum atomic E-state index is 9.29. The summed E-state index contributed by atoms with van der Waals surface area (Å²) in [5.41, 5.74) is 7.22. The van der Waals surface area contributed by atoms with Crippen LogP contribution in [0.2, 0.25) is 0 Å². The highest BCUT2D eigenvalue weighted by molar-refractivity contribution is 7.80. The van der Waals surface area contributed by atoms with Crippen LogP contribution >= 0.6 is 12.2 Å². The molecule has 82 valence electrons. The number of aliphatic hydroxyl groups excluding tert-OH is 1. The van der Waals surface area contributed by atoms with E-state index in [0.29, 0.717) is 11.5 Å². The molecule has 1 atom stereocenters. The van der Waals surface area contributed by atoms with Crippen LogP contribution in [0.4, 0.5) is 5.69 Å². The largest absolute Gasteiger partial charge is 0.392 e.